The van der Waals surface area contributed by atoms with Gasteiger partial charge >= 0.3 is 0 Å². The summed E-state index contributed by atoms with van der Waals surface area (Å²) >= 11 is 8.17. The first kappa shape index (κ1) is 14.7. The van der Waals surface area contributed by atoms with Gasteiger partial charge in [0.15, 0.2) is 0 Å². The molecule has 0 aliphatic rings. The van der Waals surface area contributed by atoms with Crippen molar-refractivity contribution in [1.82, 2.24) is 4.90 Å². The van der Waals surface area contributed by atoms with Crippen molar-refractivity contribution in [1.29, 1.82) is 0 Å². The van der Waals surface area contributed by atoms with E-state index in [9.17, 15) is 9.18 Å². The summed E-state index contributed by atoms with van der Waals surface area (Å²) in [5, 5.41) is 1.96. The molecule has 2 aromatic rings. The first-order valence-corrected chi connectivity index (χ1v) is 7.87. The zero-order valence-electron chi connectivity index (χ0n) is 9.99. The van der Waals surface area contributed by atoms with Crippen molar-refractivity contribution in [3.8, 4) is 0 Å². The van der Waals surface area contributed by atoms with Gasteiger partial charge in [-0.1, -0.05) is 15.9 Å². The highest BCUT2D eigenvalue weighted by molar-refractivity contribution is 9.11. The topological polar surface area (TPSA) is 20.3 Å². The summed E-state index contributed by atoms with van der Waals surface area (Å²) in [7, 11) is 1.66. The van der Waals surface area contributed by atoms with E-state index in [-0.39, 0.29) is 11.5 Å². The van der Waals surface area contributed by atoms with Gasteiger partial charge in [0.2, 0.25) is 0 Å². The molecule has 1 heterocycles. The highest BCUT2D eigenvalue weighted by atomic mass is 79.9. The van der Waals surface area contributed by atoms with E-state index >= 15 is 0 Å². The number of nitrogens with zero attached hydrogens (tertiary/aromatic N) is 1. The molecule has 0 radical (unpaired) electrons. The second-order valence-corrected chi connectivity index (χ2v) is 7.25. The van der Waals surface area contributed by atoms with E-state index < -0.39 is 5.82 Å². The van der Waals surface area contributed by atoms with Crippen LogP contribution in [0.15, 0.2) is 37.9 Å². The molecule has 1 aromatic heterocycles. The molecule has 0 unspecified atom stereocenters. The molecule has 0 fully saturated rings. The maximum absolute atomic E-state index is 13.6. The molecule has 1 aromatic carbocycles. The van der Waals surface area contributed by atoms with Crippen molar-refractivity contribution in [2.24, 2.45) is 0 Å². The van der Waals surface area contributed by atoms with Crippen LogP contribution in [0.3, 0.4) is 0 Å². The largest absolute Gasteiger partial charge is 0.337 e. The molecule has 19 heavy (non-hydrogen) atoms. The quantitative estimate of drug-likeness (QED) is 0.724. The van der Waals surface area contributed by atoms with E-state index in [1.165, 1.54) is 17.0 Å². The SMILES string of the molecule is CN(Cc1csc(Br)c1)C(=O)c1cc(Br)ccc1F. The summed E-state index contributed by atoms with van der Waals surface area (Å²) in [6, 6.07) is 6.30. The normalized spacial score (nSPS) is 10.5. The van der Waals surface area contributed by atoms with Gasteiger partial charge in [0.05, 0.1) is 9.35 Å². The molecule has 6 heteroatoms. The lowest BCUT2D eigenvalue weighted by Crippen LogP contribution is -2.26. The van der Waals surface area contributed by atoms with Crippen molar-refractivity contribution in [3.05, 3.63) is 54.8 Å². The highest BCUT2D eigenvalue weighted by Crippen LogP contribution is 2.22. The number of carbonyl (C=O) groups is 1. The summed E-state index contributed by atoms with van der Waals surface area (Å²) in [6.45, 7) is 0.451. The van der Waals surface area contributed by atoms with Crippen LogP contribution in [0.4, 0.5) is 4.39 Å². The number of amides is 1. The third-order valence-corrected chi connectivity index (χ3v) is 4.59. The predicted octanol–water partition coefficient (Wildman–Crippen LogP) is 4.68. The van der Waals surface area contributed by atoms with Gasteiger partial charge in [0.25, 0.3) is 5.91 Å². The number of halogens is 3. The smallest absolute Gasteiger partial charge is 0.256 e. The summed E-state index contributed by atoms with van der Waals surface area (Å²) in [6.07, 6.45) is 0. The molecule has 0 spiro atoms. The van der Waals surface area contributed by atoms with Crippen LogP contribution in [0.5, 0.6) is 0 Å². The molecule has 100 valence electrons. The third-order valence-electron chi connectivity index (χ3n) is 2.55. The molecule has 1 amide bonds. The maximum atomic E-state index is 13.6. The fourth-order valence-electron chi connectivity index (χ4n) is 1.64. The van der Waals surface area contributed by atoms with Crippen molar-refractivity contribution in [2.75, 3.05) is 7.05 Å². The Morgan fingerprint density at radius 1 is 1.37 bits per heavy atom. The zero-order valence-corrected chi connectivity index (χ0v) is 14.0. The van der Waals surface area contributed by atoms with Crippen molar-refractivity contribution < 1.29 is 9.18 Å². The van der Waals surface area contributed by atoms with Gasteiger partial charge in [0.1, 0.15) is 5.82 Å². The Bertz CT molecular complexity index is 614. The lowest BCUT2D eigenvalue weighted by Gasteiger charge is -2.17. The first-order valence-electron chi connectivity index (χ1n) is 5.41. The lowest BCUT2D eigenvalue weighted by atomic mass is 10.2. The van der Waals surface area contributed by atoms with Crippen LogP contribution < -0.4 is 0 Å². The van der Waals surface area contributed by atoms with Crippen LogP contribution in [-0.2, 0) is 6.54 Å². The molecule has 0 saturated heterocycles. The van der Waals surface area contributed by atoms with Gasteiger partial charge in [-0.2, -0.15) is 0 Å². The monoisotopic (exact) mass is 405 g/mol. The first-order chi connectivity index (χ1) is 8.97. The van der Waals surface area contributed by atoms with Gasteiger partial charge in [0, 0.05) is 18.1 Å². The van der Waals surface area contributed by atoms with Gasteiger partial charge in [-0.3, -0.25) is 4.79 Å². The molecular formula is C13H10Br2FNOS. The van der Waals surface area contributed by atoms with E-state index in [4.69, 9.17) is 0 Å². The van der Waals surface area contributed by atoms with Crippen LogP contribution in [0.1, 0.15) is 15.9 Å². The Kier molecular flexibility index (Phi) is 4.76. The number of hydrogen-bond donors (Lipinski definition) is 0. The number of hydrogen-bond acceptors (Lipinski definition) is 2. The average Bonchev–Trinajstić information content (AvgIpc) is 2.77. The number of thiophene rings is 1. The van der Waals surface area contributed by atoms with E-state index in [0.29, 0.717) is 11.0 Å². The van der Waals surface area contributed by atoms with Gasteiger partial charge < -0.3 is 4.90 Å². The van der Waals surface area contributed by atoms with Crippen LogP contribution in [0.2, 0.25) is 0 Å². The van der Waals surface area contributed by atoms with E-state index in [1.807, 2.05) is 11.4 Å². The Balaban J connectivity index is 2.16. The fraction of sp³-hybridized carbons (Fsp3) is 0.154. The van der Waals surface area contributed by atoms with E-state index in [1.54, 1.807) is 24.5 Å². The Morgan fingerprint density at radius 3 is 2.74 bits per heavy atom. The van der Waals surface area contributed by atoms with Gasteiger partial charge in [-0.15, -0.1) is 11.3 Å². The second kappa shape index (κ2) is 6.15. The summed E-state index contributed by atoms with van der Waals surface area (Å²) in [5.74, 6) is -0.840. The van der Waals surface area contributed by atoms with Crippen molar-refractivity contribution >= 4 is 49.1 Å². The van der Waals surface area contributed by atoms with Crippen LogP contribution in [0.25, 0.3) is 0 Å². The van der Waals surface area contributed by atoms with Gasteiger partial charge in [-0.25, -0.2) is 4.39 Å². The Labute approximate surface area is 131 Å². The lowest BCUT2D eigenvalue weighted by molar-refractivity contribution is 0.0780. The molecule has 0 atom stereocenters. The van der Waals surface area contributed by atoms with Crippen molar-refractivity contribution in [2.45, 2.75) is 6.54 Å². The average molecular weight is 407 g/mol. The summed E-state index contributed by atoms with van der Waals surface area (Å²) in [5.41, 5.74) is 1.09. The minimum atomic E-state index is -0.508. The van der Waals surface area contributed by atoms with Crippen LogP contribution in [0, 0.1) is 5.82 Å². The van der Waals surface area contributed by atoms with Crippen molar-refractivity contribution in [3.63, 3.8) is 0 Å². The molecule has 0 aliphatic carbocycles. The third kappa shape index (κ3) is 3.64. The minimum absolute atomic E-state index is 0.0752. The van der Waals surface area contributed by atoms with Gasteiger partial charge in [-0.05, 0) is 51.1 Å². The molecule has 0 N–H and O–H groups in total. The number of carbonyl (C=O) groups excluding carboxylic acids is 1. The second-order valence-electron chi connectivity index (χ2n) is 4.04. The molecule has 0 saturated carbocycles. The van der Waals surface area contributed by atoms with E-state index in [2.05, 4.69) is 31.9 Å². The van der Waals surface area contributed by atoms with Crippen LogP contribution >= 0.6 is 43.2 Å². The highest BCUT2D eigenvalue weighted by Gasteiger charge is 2.17. The molecule has 0 bridgehead atoms. The Hall–Kier alpha value is -0.720. The summed E-state index contributed by atoms with van der Waals surface area (Å²) < 4.78 is 15.3. The molecular weight excluding hydrogens is 397 g/mol. The number of rotatable bonds is 3. The standard InChI is InChI=1S/C13H10Br2FNOS/c1-17(6-8-4-12(15)19-7-8)13(18)10-5-9(14)2-3-11(10)16/h2-5,7H,6H2,1H3. The summed E-state index contributed by atoms with van der Waals surface area (Å²) in [4.78, 5) is 13.7. The predicted molar refractivity (Wildman–Crippen MR) is 81.9 cm³/mol. The molecule has 2 rings (SSSR count). The molecule has 0 aliphatic heterocycles. The fourth-order valence-corrected chi connectivity index (χ4v) is 3.20. The van der Waals surface area contributed by atoms with E-state index in [0.717, 1.165) is 9.35 Å². The zero-order chi connectivity index (χ0) is 14.0. The minimum Gasteiger partial charge on any atom is -0.337 e. The molecule has 2 nitrogen and oxygen atoms in total. The Morgan fingerprint density at radius 2 is 2.11 bits per heavy atom. The number of benzene rings is 1. The van der Waals surface area contributed by atoms with Crippen LogP contribution in [-0.4, -0.2) is 17.9 Å². The maximum Gasteiger partial charge on any atom is 0.256 e.